The minimum atomic E-state index is -3.87. The smallest absolute Gasteiger partial charge is 0.339 e. The molecule has 0 saturated heterocycles. The topological polar surface area (TPSA) is 158 Å². The van der Waals surface area contributed by atoms with Crippen LogP contribution in [0.2, 0.25) is 0 Å². The number of phenols is 2. The molecule has 3 aromatic carbocycles. The average Bonchev–Trinajstić information content (AvgIpc) is 2.76. The zero-order valence-corrected chi connectivity index (χ0v) is 17.8. The van der Waals surface area contributed by atoms with Gasteiger partial charge in [0.25, 0.3) is 0 Å². The van der Waals surface area contributed by atoms with Gasteiger partial charge in [0.05, 0.1) is 4.90 Å². The Labute approximate surface area is 183 Å². The van der Waals surface area contributed by atoms with Crippen LogP contribution < -0.4 is 4.72 Å². The van der Waals surface area contributed by atoms with Crippen molar-refractivity contribution < 1.29 is 33.3 Å². The predicted molar refractivity (Wildman–Crippen MR) is 117 cm³/mol. The number of carboxylic acids is 1. The van der Waals surface area contributed by atoms with Crippen LogP contribution in [0.1, 0.15) is 16.8 Å². The van der Waals surface area contributed by atoms with Crippen LogP contribution in [-0.2, 0) is 14.8 Å². The summed E-state index contributed by atoms with van der Waals surface area (Å²) in [4.78, 5) is 11.3. The van der Waals surface area contributed by atoms with Crippen molar-refractivity contribution in [2.45, 2.75) is 11.3 Å². The molecule has 32 heavy (non-hydrogen) atoms. The summed E-state index contributed by atoms with van der Waals surface area (Å²) in [6, 6.07) is 11.5. The number of hydrogen-bond acceptors (Lipinski definition) is 8. The lowest BCUT2D eigenvalue weighted by Crippen LogP contribution is -2.25. The molecule has 0 saturated carbocycles. The summed E-state index contributed by atoms with van der Waals surface area (Å²) < 4.78 is 32.2. The lowest BCUT2D eigenvalue weighted by atomic mass is 10.0. The third-order valence-corrected chi connectivity index (χ3v) is 6.02. The quantitative estimate of drug-likeness (QED) is 0.281. The normalized spacial score (nSPS) is 11.9. The van der Waals surface area contributed by atoms with Crippen molar-refractivity contribution in [2.75, 3.05) is 20.3 Å². The zero-order chi connectivity index (χ0) is 23.3. The fourth-order valence-electron chi connectivity index (χ4n) is 2.94. The first-order valence-electron chi connectivity index (χ1n) is 9.46. The van der Waals surface area contributed by atoms with E-state index in [1.807, 2.05) is 0 Å². The molecule has 4 N–H and O–H groups in total. The summed E-state index contributed by atoms with van der Waals surface area (Å²) >= 11 is 0. The molecule has 0 aliphatic rings. The number of phenolic OH excluding ortho intramolecular Hbond substituents is 1. The summed E-state index contributed by atoms with van der Waals surface area (Å²) in [7, 11) is -2.36. The number of nitrogens with one attached hydrogen (secondary N) is 1. The van der Waals surface area contributed by atoms with Crippen molar-refractivity contribution in [3.05, 3.63) is 54.1 Å². The molecule has 3 rings (SSSR count). The van der Waals surface area contributed by atoms with Gasteiger partial charge in [-0.1, -0.05) is 24.3 Å². The Morgan fingerprint density at radius 1 is 1.09 bits per heavy atom. The van der Waals surface area contributed by atoms with Gasteiger partial charge in [0.2, 0.25) is 10.0 Å². The number of aromatic hydroxyl groups is 2. The Morgan fingerprint density at radius 3 is 2.56 bits per heavy atom. The maximum absolute atomic E-state index is 12.5. The number of aromatic carboxylic acids is 1. The van der Waals surface area contributed by atoms with Crippen molar-refractivity contribution in [1.82, 2.24) is 4.72 Å². The summed E-state index contributed by atoms with van der Waals surface area (Å²) in [5.74, 6) is -2.28. The van der Waals surface area contributed by atoms with Crippen molar-refractivity contribution in [3.63, 3.8) is 0 Å². The molecule has 10 nitrogen and oxygen atoms in total. The van der Waals surface area contributed by atoms with E-state index in [2.05, 4.69) is 15.0 Å². The highest BCUT2D eigenvalue weighted by Crippen LogP contribution is 2.40. The van der Waals surface area contributed by atoms with Crippen LogP contribution in [0.15, 0.2) is 63.7 Å². The van der Waals surface area contributed by atoms with E-state index in [0.717, 1.165) is 12.1 Å². The maximum atomic E-state index is 12.5. The van der Waals surface area contributed by atoms with Crippen LogP contribution in [-0.4, -0.2) is 50.0 Å². The minimum Gasteiger partial charge on any atom is -0.506 e. The molecule has 0 radical (unpaired) electrons. The first-order valence-corrected chi connectivity index (χ1v) is 10.9. The summed E-state index contributed by atoms with van der Waals surface area (Å²) in [6.45, 7) is 0.556. The van der Waals surface area contributed by atoms with Crippen LogP contribution in [0.5, 0.6) is 11.5 Å². The molecule has 168 valence electrons. The van der Waals surface area contributed by atoms with E-state index in [4.69, 9.17) is 4.74 Å². The number of rotatable bonds is 9. The number of carboxylic acid groups (broad SMARTS) is 1. The second-order valence-electron chi connectivity index (χ2n) is 6.74. The number of nitrogens with zero attached hydrogens (tertiary/aromatic N) is 2. The Kier molecular flexibility index (Phi) is 7.03. The van der Waals surface area contributed by atoms with Crippen LogP contribution in [0.4, 0.5) is 11.4 Å². The van der Waals surface area contributed by atoms with Crippen LogP contribution in [0, 0.1) is 0 Å². The molecule has 0 fully saturated rings. The summed E-state index contributed by atoms with van der Waals surface area (Å²) in [5, 5.41) is 38.6. The molecule has 0 aliphatic carbocycles. The standard InChI is InChI=1S/C21H21N3O7S/c1-31-10-4-9-22-32(29,30)14-7-8-18(25)17(12-14)23-24-19-15-6-3-2-5-13(15)11-16(20(19)26)21(27)28/h2-3,5-8,11-12,22,25-26H,4,9-10H2,1H3,(H,27,28). The minimum absolute atomic E-state index is 0.120. The lowest BCUT2D eigenvalue weighted by Gasteiger charge is -2.09. The van der Waals surface area contributed by atoms with Crippen LogP contribution in [0.25, 0.3) is 10.8 Å². The van der Waals surface area contributed by atoms with Crippen LogP contribution >= 0.6 is 0 Å². The number of fused-ring (bicyclic) bond motifs is 1. The van der Waals surface area contributed by atoms with Gasteiger partial charge in [0, 0.05) is 25.6 Å². The van der Waals surface area contributed by atoms with Crippen molar-refractivity contribution >= 4 is 38.1 Å². The average molecular weight is 459 g/mol. The molecule has 0 amide bonds. The number of hydrogen-bond donors (Lipinski definition) is 4. The lowest BCUT2D eigenvalue weighted by molar-refractivity contribution is 0.0694. The summed E-state index contributed by atoms with van der Waals surface area (Å²) in [6.07, 6.45) is 0.479. The first kappa shape index (κ1) is 23.1. The third-order valence-electron chi connectivity index (χ3n) is 4.56. The molecule has 0 aromatic heterocycles. The van der Waals surface area contributed by atoms with E-state index in [-0.39, 0.29) is 34.1 Å². The monoisotopic (exact) mass is 459 g/mol. The van der Waals surface area contributed by atoms with E-state index in [9.17, 15) is 28.5 Å². The van der Waals surface area contributed by atoms with Gasteiger partial charge >= 0.3 is 5.97 Å². The number of carbonyl (C=O) groups is 1. The largest absolute Gasteiger partial charge is 0.506 e. The second-order valence-corrected chi connectivity index (χ2v) is 8.51. The molecular formula is C21H21N3O7S. The Morgan fingerprint density at radius 2 is 1.84 bits per heavy atom. The van der Waals surface area contributed by atoms with E-state index in [1.165, 1.54) is 19.2 Å². The number of benzene rings is 3. The van der Waals surface area contributed by atoms with Gasteiger partial charge < -0.3 is 20.1 Å². The molecule has 0 unspecified atom stereocenters. The van der Waals surface area contributed by atoms with Crippen molar-refractivity contribution in [2.24, 2.45) is 10.2 Å². The van der Waals surface area contributed by atoms with Crippen molar-refractivity contribution in [1.29, 1.82) is 0 Å². The molecule has 0 bridgehead atoms. The van der Waals surface area contributed by atoms with Gasteiger partial charge in [0.15, 0.2) is 5.75 Å². The molecule has 0 aliphatic heterocycles. The Hall–Kier alpha value is -3.54. The van der Waals surface area contributed by atoms with Gasteiger partial charge in [-0.15, -0.1) is 10.2 Å². The van der Waals surface area contributed by atoms with E-state index in [0.29, 0.717) is 23.8 Å². The number of azo groups is 1. The number of ether oxygens (including phenoxy) is 1. The maximum Gasteiger partial charge on any atom is 0.339 e. The van der Waals surface area contributed by atoms with Crippen LogP contribution in [0.3, 0.4) is 0 Å². The fraction of sp³-hybridized carbons (Fsp3) is 0.190. The fourth-order valence-corrected chi connectivity index (χ4v) is 4.04. The molecular weight excluding hydrogens is 438 g/mol. The van der Waals surface area contributed by atoms with Gasteiger partial charge in [-0.3, -0.25) is 0 Å². The Balaban J connectivity index is 2.00. The Bertz CT molecular complexity index is 1290. The van der Waals surface area contributed by atoms with Gasteiger partial charge in [-0.25, -0.2) is 17.9 Å². The highest BCUT2D eigenvalue weighted by atomic mass is 32.2. The van der Waals surface area contributed by atoms with E-state index in [1.54, 1.807) is 24.3 Å². The number of methoxy groups -OCH3 is 1. The van der Waals surface area contributed by atoms with Gasteiger partial charge in [-0.05, 0) is 36.1 Å². The SMILES string of the molecule is COCCCNS(=O)(=O)c1ccc(O)c(N=Nc2c(O)c(C(=O)O)cc3ccccc23)c1. The predicted octanol–water partition coefficient (Wildman–Crippen LogP) is 3.68. The first-order chi connectivity index (χ1) is 15.2. The highest BCUT2D eigenvalue weighted by Gasteiger charge is 2.19. The van der Waals surface area contributed by atoms with Gasteiger partial charge in [-0.2, -0.15) is 0 Å². The highest BCUT2D eigenvalue weighted by molar-refractivity contribution is 7.89. The van der Waals surface area contributed by atoms with E-state index < -0.39 is 21.7 Å². The van der Waals surface area contributed by atoms with Gasteiger partial charge in [0.1, 0.15) is 22.7 Å². The molecule has 0 atom stereocenters. The molecule has 3 aromatic rings. The number of sulfonamides is 1. The molecule has 11 heteroatoms. The second kappa shape index (κ2) is 9.73. The van der Waals surface area contributed by atoms with E-state index >= 15 is 0 Å². The summed E-state index contributed by atoms with van der Waals surface area (Å²) in [5.41, 5.74) is -0.654. The molecule has 0 spiro atoms. The zero-order valence-electron chi connectivity index (χ0n) is 17.0. The third kappa shape index (κ3) is 5.02. The molecule has 0 heterocycles. The van der Waals surface area contributed by atoms with Crippen molar-refractivity contribution in [3.8, 4) is 11.5 Å².